The summed E-state index contributed by atoms with van der Waals surface area (Å²) in [4.78, 5) is 11.1. The van der Waals surface area contributed by atoms with E-state index in [1.807, 2.05) is 0 Å². The summed E-state index contributed by atoms with van der Waals surface area (Å²) in [6.45, 7) is 6.56. The van der Waals surface area contributed by atoms with Crippen LogP contribution in [0.2, 0.25) is 0 Å². The van der Waals surface area contributed by atoms with Gasteiger partial charge >= 0.3 is 5.97 Å². The number of hydrogen-bond acceptors (Lipinski definition) is 5. The smallest absolute Gasteiger partial charge is 0.321 e. The van der Waals surface area contributed by atoms with Crippen LogP contribution >= 0.6 is 0 Å². The van der Waals surface area contributed by atoms with Crippen LogP contribution < -0.4 is 5.73 Å². The zero-order chi connectivity index (χ0) is 14.2. The first kappa shape index (κ1) is 17.4. The summed E-state index contributed by atoms with van der Waals surface area (Å²) in [6, 6.07) is 0. The third-order valence-corrected chi connectivity index (χ3v) is 4.34. The molecule has 2 N–H and O–H groups in total. The second kappa shape index (κ2) is 7.74. The molecular weight excluding hydrogens is 254 g/mol. The van der Waals surface area contributed by atoms with Crippen molar-refractivity contribution in [1.82, 2.24) is 0 Å². The largest absolute Gasteiger partial charge is 0.465 e. The molecule has 0 unspecified atom stereocenters. The number of carbonyl (C=O) groups is 1. The number of rotatable bonds is 9. The van der Waals surface area contributed by atoms with Crippen molar-refractivity contribution in [2.24, 2.45) is 11.1 Å². The molecule has 108 valence electrons. The average Bonchev–Trinajstić information content (AvgIpc) is 2.24. The molecule has 0 saturated carbocycles. The van der Waals surface area contributed by atoms with Gasteiger partial charge in [-0.15, -0.1) is 0 Å². The highest BCUT2D eigenvalue weighted by atomic mass is 32.2. The lowest BCUT2D eigenvalue weighted by atomic mass is 9.88. The molecule has 6 heteroatoms. The Balaban J connectivity index is 3.95. The Morgan fingerprint density at radius 1 is 1.28 bits per heavy atom. The Kier molecular flexibility index (Phi) is 7.47. The monoisotopic (exact) mass is 279 g/mol. The maximum Gasteiger partial charge on any atom is 0.321 e. The Hall–Kier alpha value is -0.620. The van der Waals surface area contributed by atoms with Gasteiger partial charge in [0.25, 0.3) is 0 Å². The molecule has 0 fully saturated rings. The molecule has 0 aliphatic carbocycles. The van der Waals surface area contributed by atoms with Crippen LogP contribution in [-0.2, 0) is 19.4 Å². The molecule has 0 aromatic rings. The Labute approximate surface area is 110 Å². The summed E-state index contributed by atoms with van der Waals surface area (Å²) in [5.74, 6) is -1.15. The lowest BCUT2D eigenvalue weighted by molar-refractivity contribution is -0.139. The van der Waals surface area contributed by atoms with E-state index in [4.69, 9.17) is 5.73 Å². The molecule has 0 aliphatic heterocycles. The molecule has 0 saturated heterocycles. The van der Waals surface area contributed by atoms with Crippen molar-refractivity contribution in [2.45, 2.75) is 40.0 Å². The molecule has 0 aliphatic rings. The molecule has 0 bridgehead atoms. The van der Waals surface area contributed by atoms with E-state index in [1.54, 1.807) is 6.92 Å². The molecule has 0 spiro atoms. The van der Waals surface area contributed by atoms with E-state index >= 15 is 0 Å². The number of sulfone groups is 1. The SMILES string of the molecule is CCOC(=O)CS(=O)(=O)CCCCC(C)(C)CN. The summed E-state index contributed by atoms with van der Waals surface area (Å²) in [5, 5.41) is 0. The lowest BCUT2D eigenvalue weighted by Gasteiger charge is -2.21. The van der Waals surface area contributed by atoms with Crippen LogP contribution in [0.15, 0.2) is 0 Å². The van der Waals surface area contributed by atoms with Gasteiger partial charge in [0.1, 0.15) is 5.75 Å². The fourth-order valence-electron chi connectivity index (χ4n) is 1.48. The van der Waals surface area contributed by atoms with E-state index in [0.717, 1.165) is 12.8 Å². The summed E-state index contributed by atoms with van der Waals surface area (Å²) >= 11 is 0. The predicted octanol–water partition coefficient (Wildman–Crippen LogP) is 1.12. The standard InChI is InChI=1S/C12H25NO4S/c1-4-17-11(14)9-18(15,16)8-6-5-7-12(2,3)10-13/h4-10,13H2,1-3H3. The summed E-state index contributed by atoms with van der Waals surface area (Å²) in [5.41, 5.74) is 5.64. The second-order valence-corrected chi connectivity index (χ2v) is 7.41. The van der Waals surface area contributed by atoms with Crippen molar-refractivity contribution in [1.29, 1.82) is 0 Å². The number of esters is 1. The van der Waals surface area contributed by atoms with Crippen molar-refractivity contribution < 1.29 is 17.9 Å². The van der Waals surface area contributed by atoms with Gasteiger partial charge < -0.3 is 10.5 Å². The van der Waals surface area contributed by atoms with Crippen molar-refractivity contribution in [3.63, 3.8) is 0 Å². The van der Waals surface area contributed by atoms with Crippen molar-refractivity contribution in [3.05, 3.63) is 0 Å². The van der Waals surface area contributed by atoms with Gasteiger partial charge in [0, 0.05) is 0 Å². The van der Waals surface area contributed by atoms with Gasteiger partial charge in [-0.2, -0.15) is 0 Å². The first-order valence-electron chi connectivity index (χ1n) is 6.28. The fourth-order valence-corrected chi connectivity index (χ4v) is 2.71. The van der Waals surface area contributed by atoms with Crippen LogP contribution in [0.1, 0.15) is 40.0 Å². The molecule has 0 amide bonds. The summed E-state index contributed by atoms with van der Waals surface area (Å²) in [7, 11) is -3.33. The van der Waals surface area contributed by atoms with E-state index < -0.39 is 21.6 Å². The first-order valence-corrected chi connectivity index (χ1v) is 8.10. The van der Waals surface area contributed by atoms with Gasteiger partial charge in [-0.1, -0.05) is 20.3 Å². The number of hydrogen-bond donors (Lipinski definition) is 1. The maximum atomic E-state index is 11.6. The van der Waals surface area contributed by atoms with Crippen molar-refractivity contribution in [3.8, 4) is 0 Å². The third kappa shape index (κ3) is 8.47. The van der Waals surface area contributed by atoms with E-state index in [0.29, 0.717) is 13.0 Å². The molecular formula is C12H25NO4S. The van der Waals surface area contributed by atoms with Crippen molar-refractivity contribution >= 4 is 15.8 Å². The lowest BCUT2D eigenvalue weighted by Crippen LogP contribution is -2.24. The van der Waals surface area contributed by atoms with Crippen LogP contribution in [0.3, 0.4) is 0 Å². The molecule has 0 aromatic carbocycles. The molecule has 0 rings (SSSR count). The van der Waals surface area contributed by atoms with E-state index in [-0.39, 0.29) is 17.8 Å². The molecule has 0 heterocycles. The topological polar surface area (TPSA) is 86.5 Å². The number of carbonyl (C=O) groups excluding carboxylic acids is 1. The van der Waals surface area contributed by atoms with Crippen molar-refractivity contribution in [2.75, 3.05) is 24.7 Å². The van der Waals surface area contributed by atoms with E-state index in [9.17, 15) is 13.2 Å². The second-order valence-electron chi connectivity index (χ2n) is 5.22. The normalized spacial score (nSPS) is 12.4. The minimum Gasteiger partial charge on any atom is -0.465 e. The average molecular weight is 279 g/mol. The van der Waals surface area contributed by atoms with Gasteiger partial charge in [-0.25, -0.2) is 8.42 Å². The fraction of sp³-hybridized carbons (Fsp3) is 0.917. The quantitative estimate of drug-likeness (QED) is 0.505. The summed E-state index contributed by atoms with van der Waals surface area (Å²) < 4.78 is 27.8. The van der Waals surface area contributed by atoms with Gasteiger partial charge in [-0.3, -0.25) is 4.79 Å². The highest BCUT2D eigenvalue weighted by molar-refractivity contribution is 7.92. The highest BCUT2D eigenvalue weighted by Gasteiger charge is 2.19. The van der Waals surface area contributed by atoms with Gasteiger partial charge in [0.2, 0.25) is 0 Å². The molecule has 0 aromatic heterocycles. The Morgan fingerprint density at radius 2 is 1.89 bits per heavy atom. The van der Waals surface area contributed by atoms with Crippen LogP contribution in [-0.4, -0.2) is 39.0 Å². The third-order valence-electron chi connectivity index (χ3n) is 2.75. The van der Waals surface area contributed by atoms with E-state index in [1.165, 1.54) is 0 Å². The highest BCUT2D eigenvalue weighted by Crippen LogP contribution is 2.21. The van der Waals surface area contributed by atoms with E-state index in [2.05, 4.69) is 18.6 Å². The van der Waals surface area contributed by atoms with Crippen LogP contribution in [0.25, 0.3) is 0 Å². The molecule has 0 atom stereocenters. The predicted molar refractivity (Wildman–Crippen MR) is 72.0 cm³/mol. The molecule has 0 radical (unpaired) electrons. The summed E-state index contributed by atoms with van der Waals surface area (Å²) in [6.07, 6.45) is 2.25. The van der Waals surface area contributed by atoms with Crippen LogP contribution in [0.4, 0.5) is 0 Å². The molecule has 5 nitrogen and oxygen atoms in total. The Morgan fingerprint density at radius 3 is 2.39 bits per heavy atom. The van der Waals surface area contributed by atoms with Crippen LogP contribution in [0, 0.1) is 5.41 Å². The van der Waals surface area contributed by atoms with Gasteiger partial charge in [-0.05, 0) is 31.7 Å². The maximum absolute atomic E-state index is 11.6. The minimum absolute atomic E-state index is 0.0342. The zero-order valence-electron chi connectivity index (χ0n) is 11.6. The first-order chi connectivity index (χ1) is 8.22. The molecule has 18 heavy (non-hydrogen) atoms. The number of ether oxygens (including phenoxy) is 1. The zero-order valence-corrected chi connectivity index (χ0v) is 12.4. The Bertz CT molecular complexity index is 349. The minimum atomic E-state index is -3.33. The number of nitrogens with two attached hydrogens (primary N) is 1. The number of unbranched alkanes of at least 4 members (excludes halogenated alkanes) is 1. The van der Waals surface area contributed by atoms with Gasteiger partial charge in [0.05, 0.1) is 12.4 Å². The van der Waals surface area contributed by atoms with Crippen LogP contribution in [0.5, 0.6) is 0 Å². The van der Waals surface area contributed by atoms with Gasteiger partial charge in [0.15, 0.2) is 9.84 Å².